The van der Waals surface area contributed by atoms with Crippen LogP contribution in [0.25, 0.3) is 0 Å². The summed E-state index contributed by atoms with van der Waals surface area (Å²) in [6.45, 7) is 4.18. The number of rotatable bonds is 36. The maximum atomic E-state index is 12.6. The Hall–Kier alpha value is -1.25. The van der Waals surface area contributed by atoms with Crippen molar-refractivity contribution in [1.29, 1.82) is 0 Å². The first kappa shape index (κ1) is 47.8. The predicted octanol–water partition coefficient (Wildman–Crippen LogP) is 10.00. The molecule has 0 radical (unpaired) electrons. The second kappa shape index (κ2) is 32.6. The molecule has 0 saturated heterocycles. The average Bonchev–Trinajstić information content (AvgIpc) is 3.04. The Morgan fingerprint density at radius 1 is 0.612 bits per heavy atom. The Labute approximate surface area is 301 Å². The molecule has 0 aromatic heterocycles. The quantitative estimate of drug-likeness (QED) is 0.0207. The first-order valence-corrected chi connectivity index (χ1v) is 21.4. The second-order valence-electron chi connectivity index (χ2n) is 14.7. The highest BCUT2D eigenvalue weighted by molar-refractivity contribution is 7.45. The first-order chi connectivity index (χ1) is 23.5. The topological polar surface area (TPSA) is 111 Å². The number of phosphoric ester groups is 1. The molecule has 0 aliphatic heterocycles. The smallest absolute Gasteiger partial charge is 0.306 e. The van der Waals surface area contributed by atoms with Gasteiger partial charge in [0.2, 0.25) is 0 Å². The van der Waals surface area contributed by atoms with Gasteiger partial charge in [-0.05, 0) is 38.5 Å². The number of ether oxygens (including phenoxy) is 2. The molecule has 49 heavy (non-hydrogen) atoms. The van der Waals surface area contributed by atoms with Crippen LogP contribution in [0.4, 0.5) is 0 Å². The minimum absolute atomic E-state index is 0.0285. The number of likely N-dealkylation sites (N-methyl/N-ethyl adjacent to an activating group) is 1. The fraction of sp³-hybridized carbons (Fsp3) is 0.897. The maximum absolute atomic E-state index is 12.6. The third kappa shape index (κ3) is 36.3. The van der Waals surface area contributed by atoms with E-state index in [2.05, 4.69) is 26.0 Å². The molecular weight excluding hydrogens is 641 g/mol. The van der Waals surface area contributed by atoms with E-state index in [-0.39, 0.29) is 32.0 Å². The number of carbonyl (C=O) groups excluding carboxylic acids is 2. The molecule has 9 nitrogen and oxygen atoms in total. The van der Waals surface area contributed by atoms with Gasteiger partial charge in [0.15, 0.2) is 6.10 Å². The number of hydrogen-bond acceptors (Lipinski definition) is 8. The van der Waals surface area contributed by atoms with Gasteiger partial charge in [0.25, 0.3) is 7.82 Å². The molecule has 1 unspecified atom stereocenters. The van der Waals surface area contributed by atoms with Gasteiger partial charge < -0.3 is 27.9 Å². The van der Waals surface area contributed by atoms with Crippen LogP contribution >= 0.6 is 7.82 Å². The number of carbonyl (C=O) groups is 2. The number of nitrogens with zero attached hydrogens (tertiary/aromatic N) is 1. The number of esters is 2. The summed E-state index contributed by atoms with van der Waals surface area (Å²) in [7, 11) is 1.17. The van der Waals surface area contributed by atoms with Gasteiger partial charge in [-0.1, -0.05) is 135 Å². The highest BCUT2D eigenvalue weighted by Gasteiger charge is 2.21. The lowest BCUT2D eigenvalue weighted by Crippen LogP contribution is -2.37. The third-order valence-corrected chi connectivity index (χ3v) is 9.50. The van der Waals surface area contributed by atoms with Crippen molar-refractivity contribution in [3.8, 4) is 0 Å². The zero-order valence-corrected chi connectivity index (χ0v) is 33.3. The lowest BCUT2D eigenvalue weighted by molar-refractivity contribution is -0.870. The highest BCUT2D eigenvalue weighted by atomic mass is 31.2. The van der Waals surface area contributed by atoms with Gasteiger partial charge in [0, 0.05) is 12.8 Å². The molecule has 0 rings (SSSR count). The van der Waals surface area contributed by atoms with E-state index in [1.54, 1.807) is 0 Å². The zero-order valence-electron chi connectivity index (χ0n) is 32.4. The van der Waals surface area contributed by atoms with Crippen LogP contribution in [-0.4, -0.2) is 70.0 Å². The summed E-state index contributed by atoms with van der Waals surface area (Å²) in [4.78, 5) is 37.2. The van der Waals surface area contributed by atoms with E-state index >= 15 is 0 Å². The average molecular weight is 718 g/mol. The van der Waals surface area contributed by atoms with E-state index in [1.165, 1.54) is 103 Å². The van der Waals surface area contributed by atoms with Gasteiger partial charge in [-0.25, -0.2) is 0 Å². The van der Waals surface area contributed by atoms with Gasteiger partial charge in [0.05, 0.1) is 27.7 Å². The van der Waals surface area contributed by atoms with Crippen LogP contribution in [0, 0.1) is 0 Å². The molecule has 0 aromatic carbocycles. The number of quaternary nitrogens is 1. The fourth-order valence-corrected chi connectivity index (χ4v) is 6.08. The van der Waals surface area contributed by atoms with Gasteiger partial charge in [-0.15, -0.1) is 0 Å². The van der Waals surface area contributed by atoms with Crippen molar-refractivity contribution in [2.45, 2.75) is 180 Å². The summed E-state index contributed by atoms with van der Waals surface area (Å²) in [5, 5.41) is 0. The van der Waals surface area contributed by atoms with Crippen LogP contribution in [-0.2, 0) is 32.7 Å². The molecule has 0 aliphatic rings. The number of allylic oxidation sites excluding steroid dienone is 2. The Bertz CT molecular complexity index is 860. The molecule has 0 aromatic rings. The Morgan fingerprint density at radius 2 is 1.04 bits per heavy atom. The molecular formula is C39H76NO8P. The summed E-state index contributed by atoms with van der Waals surface area (Å²) in [6.07, 6.45) is 31.0. The summed E-state index contributed by atoms with van der Waals surface area (Å²) in [5.41, 5.74) is 0. The van der Waals surface area contributed by atoms with Crippen molar-refractivity contribution >= 4 is 19.8 Å². The van der Waals surface area contributed by atoms with Gasteiger partial charge >= 0.3 is 11.9 Å². The Kier molecular flexibility index (Phi) is 31.8. The first-order valence-electron chi connectivity index (χ1n) is 19.9. The van der Waals surface area contributed by atoms with E-state index in [4.69, 9.17) is 18.5 Å². The molecule has 0 amide bonds. The number of phosphoric acid groups is 1. The zero-order chi connectivity index (χ0) is 36.5. The van der Waals surface area contributed by atoms with Gasteiger partial charge in [-0.2, -0.15) is 0 Å². The largest absolute Gasteiger partial charge is 0.756 e. The molecule has 0 spiro atoms. The van der Waals surface area contributed by atoms with Crippen molar-refractivity contribution in [1.82, 2.24) is 0 Å². The third-order valence-electron chi connectivity index (χ3n) is 8.54. The van der Waals surface area contributed by atoms with Crippen molar-refractivity contribution in [2.75, 3.05) is 47.5 Å². The van der Waals surface area contributed by atoms with E-state index in [9.17, 15) is 19.0 Å². The van der Waals surface area contributed by atoms with Gasteiger partial charge in [-0.3, -0.25) is 14.2 Å². The normalized spacial score (nSPS) is 13.8. The summed E-state index contributed by atoms with van der Waals surface area (Å²) in [5.74, 6) is -0.837. The molecule has 0 saturated carbocycles. The minimum atomic E-state index is -4.61. The molecule has 0 N–H and O–H groups in total. The molecule has 0 aliphatic carbocycles. The highest BCUT2D eigenvalue weighted by Crippen LogP contribution is 2.38. The molecule has 0 fully saturated rings. The monoisotopic (exact) mass is 718 g/mol. The molecule has 2 atom stereocenters. The van der Waals surface area contributed by atoms with Crippen LogP contribution in [0.1, 0.15) is 174 Å². The van der Waals surface area contributed by atoms with E-state index in [0.717, 1.165) is 38.5 Å². The standard InChI is InChI=1S/C39H76NO8P/c1-6-8-10-12-14-16-17-18-19-20-21-22-23-24-26-28-30-32-39(42)48-37(36-47-49(43,44)46-34-33-40(3,4)5)35-45-38(41)31-29-27-25-15-13-11-9-7-2/h16-17,37H,6-15,18-36H2,1-5H3/b17-16+/t37-/m1/s1. The molecule has 0 heterocycles. The second-order valence-corrected chi connectivity index (χ2v) is 16.1. The minimum Gasteiger partial charge on any atom is -0.756 e. The predicted molar refractivity (Wildman–Crippen MR) is 199 cm³/mol. The van der Waals surface area contributed by atoms with Crippen LogP contribution in [0.15, 0.2) is 12.2 Å². The van der Waals surface area contributed by atoms with Crippen LogP contribution < -0.4 is 4.89 Å². The van der Waals surface area contributed by atoms with Crippen molar-refractivity contribution in [3.63, 3.8) is 0 Å². The van der Waals surface area contributed by atoms with E-state index in [0.29, 0.717) is 17.4 Å². The Balaban J connectivity index is 4.33. The Morgan fingerprint density at radius 3 is 1.53 bits per heavy atom. The van der Waals surface area contributed by atoms with Crippen LogP contribution in [0.2, 0.25) is 0 Å². The maximum Gasteiger partial charge on any atom is 0.306 e. The molecule has 0 bridgehead atoms. The number of unbranched alkanes of at least 4 members (excludes halogenated alkanes) is 20. The molecule has 290 valence electrons. The summed E-state index contributed by atoms with van der Waals surface area (Å²) < 4.78 is 33.7. The fourth-order valence-electron chi connectivity index (χ4n) is 5.35. The van der Waals surface area contributed by atoms with E-state index < -0.39 is 26.5 Å². The van der Waals surface area contributed by atoms with Crippen LogP contribution in [0.5, 0.6) is 0 Å². The SMILES string of the molecule is CCCCCC/C=C/CCCCCCCCCCCC(=O)O[C@H](COC(=O)CCCCCCCCCC)COP(=O)([O-])OCC[N+](C)(C)C. The van der Waals surface area contributed by atoms with Crippen molar-refractivity contribution < 1.29 is 42.1 Å². The van der Waals surface area contributed by atoms with Gasteiger partial charge in [0.1, 0.15) is 19.8 Å². The summed E-state index contributed by atoms with van der Waals surface area (Å²) >= 11 is 0. The lowest BCUT2D eigenvalue weighted by atomic mass is 10.1. The molecule has 10 heteroatoms. The summed E-state index contributed by atoms with van der Waals surface area (Å²) in [6, 6.07) is 0. The number of hydrogen-bond donors (Lipinski definition) is 0. The van der Waals surface area contributed by atoms with Crippen molar-refractivity contribution in [3.05, 3.63) is 12.2 Å². The van der Waals surface area contributed by atoms with Crippen LogP contribution in [0.3, 0.4) is 0 Å². The van der Waals surface area contributed by atoms with E-state index in [1.807, 2.05) is 21.1 Å². The van der Waals surface area contributed by atoms with Crippen molar-refractivity contribution in [2.24, 2.45) is 0 Å². The lowest BCUT2D eigenvalue weighted by Gasteiger charge is -2.28.